The molecule has 20 heavy (non-hydrogen) atoms. The Morgan fingerprint density at radius 1 is 0.500 bits per heavy atom. The molecule has 0 unspecified atom stereocenters. The van der Waals surface area contributed by atoms with E-state index in [2.05, 4.69) is 15.9 Å². The molecular weight excluding hydrogens is 371 g/mol. The van der Waals surface area contributed by atoms with Gasteiger partial charge in [0.2, 0.25) is 7.42 Å². The van der Waals surface area contributed by atoms with Crippen LogP contribution >= 0.6 is 38.1 Å². The van der Waals surface area contributed by atoms with E-state index in [1.54, 1.807) is 0 Å². The largest absolute Gasteiger partial charge is 0.237 e. The van der Waals surface area contributed by atoms with Crippen LogP contribution in [0.1, 0.15) is 89.9 Å². The lowest BCUT2D eigenvalue weighted by atomic mass is 10.0. The Morgan fingerprint density at radius 3 is 1.10 bits per heavy atom. The van der Waals surface area contributed by atoms with E-state index in [0.29, 0.717) is 0 Å². The summed E-state index contributed by atoms with van der Waals surface area (Å²) in [5.74, 6) is 0. The lowest BCUT2D eigenvalue weighted by Gasteiger charge is -2.03. The molecule has 0 aliphatic heterocycles. The molecule has 4 heteroatoms. The Kier molecular flexibility index (Phi) is 19.5. The van der Waals surface area contributed by atoms with E-state index in [1.165, 1.54) is 95.2 Å². The number of halogens is 3. The van der Waals surface area contributed by atoms with Crippen molar-refractivity contribution in [3.63, 3.8) is 0 Å². The summed E-state index contributed by atoms with van der Waals surface area (Å²) in [6.45, 7) is 0. The molecule has 0 saturated heterocycles. The van der Waals surface area contributed by atoms with Crippen molar-refractivity contribution in [3.05, 3.63) is 0 Å². The van der Waals surface area contributed by atoms with Crippen LogP contribution in [0.5, 0.6) is 0 Å². The van der Waals surface area contributed by atoms with Gasteiger partial charge in [-0.25, -0.2) is 0 Å². The van der Waals surface area contributed by atoms with Gasteiger partial charge in [0.15, 0.2) is 0 Å². The molecule has 122 valence electrons. The van der Waals surface area contributed by atoms with Gasteiger partial charge in [0.05, 0.1) is 0 Å². The maximum absolute atomic E-state index is 5.84. The second-order valence-electron chi connectivity index (χ2n) is 5.82. The third kappa shape index (κ3) is 19.3. The Balaban J connectivity index is 2.92. The number of rotatable bonds is 16. The van der Waals surface area contributed by atoms with Crippen molar-refractivity contribution in [2.24, 2.45) is 0 Å². The smallest absolute Gasteiger partial charge is 0.150 e. The standard InChI is InChI=1S/C16H33BrCl2Si/c17-15-13-11-9-7-5-3-1-2-4-6-8-10-12-14-16-20(18)19/h20H,1-16H2. The van der Waals surface area contributed by atoms with Gasteiger partial charge in [-0.1, -0.05) is 99.4 Å². The van der Waals surface area contributed by atoms with Gasteiger partial charge in [-0.2, -0.15) is 22.2 Å². The lowest BCUT2D eigenvalue weighted by molar-refractivity contribution is 0.538. The second-order valence-corrected chi connectivity index (χ2v) is 11.8. The number of hydrogen-bond acceptors (Lipinski definition) is 0. The van der Waals surface area contributed by atoms with Crippen molar-refractivity contribution in [2.45, 2.75) is 95.9 Å². The predicted octanol–water partition coefficient (Wildman–Crippen LogP) is 7.54. The third-order valence-corrected chi connectivity index (χ3v) is 6.52. The first-order valence-corrected chi connectivity index (χ1v) is 14.0. The molecule has 0 aromatic carbocycles. The number of hydrogen-bond donors (Lipinski definition) is 0. The highest BCUT2D eigenvalue weighted by molar-refractivity contribution is 9.09. The van der Waals surface area contributed by atoms with Crippen molar-refractivity contribution in [1.82, 2.24) is 0 Å². The fourth-order valence-electron chi connectivity index (χ4n) is 2.51. The van der Waals surface area contributed by atoms with Crippen LogP contribution in [0, 0.1) is 0 Å². The highest BCUT2D eigenvalue weighted by Crippen LogP contribution is 2.15. The molecule has 0 spiro atoms. The molecule has 0 aliphatic carbocycles. The Hall–Kier alpha value is 1.28. The minimum Gasteiger partial charge on any atom is -0.150 e. The van der Waals surface area contributed by atoms with Crippen LogP contribution < -0.4 is 0 Å². The van der Waals surface area contributed by atoms with Crippen molar-refractivity contribution < 1.29 is 0 Å². The van der Waals surface area contributed by atoms with Gasteiger partial charge in [-0.05, 0) is 12.5 Å². The molecule has 0 aromatic rings. The summed E-state index contributed by atoms with van der Waals surface area (Å²) in [7, 11) is -1.32. The van der Waals surface area contributed by atoms with E-state index in [1.807, 2.05) is 0 Å². The maximum Gasteiger partial charge on any atom is 0.237 e. The molecule has 0 saturated carbocycles. The van der Waals surface area contributed by atoms with Crippen LogP contribution in [0.4, 0.5) is 0 Å². The van der Waals surface area contributed by atoms with Crippen molar-refractivity contribution in [2.75, 3.05) is 5.33 Å². The molecule has 0 N–H and O–H groups in total. The summed E-state index contributed by atoms with van der Waals surface area (Å²) in [6.07, 6.45) is 19.6. The average molecular weight is 404 g/mol. The molecule has 0 aromatic heterocycles. The van der Waals surface area contributed by atoms with E-state index < -0.39 is 7.42 Å². The first-order valence-electron chi connectivity index (χ1n) is 8.61. The quantitative estimate of drug-likeness (QED) is 0.108. The van der Waals surface area contributed by atoms with Crippen LogP contribution in [0.25, 0.3) is 0 Å². The maximum atomic E-state index is 5.84. The van der Waals surface area contributed by atoms with Gasteiger partial charge >= 0.3 is 0 Å². The topological polar surface area (TPSA) is 0 Å². The zero-order valence-electron chi connectivity index (χ0n) is 13.0. The molecule has 0 rings (SSSR count). The van der Waals surface area contributed by atoms with Crippen LogP contribution in [0.3, 0.4) is 0 Å². The van der Waals surface area contributed by atoms with E-state index in [4.69, 9.17) is 22.2 Å². The van der Waals surface area contributed by atoms with E-state index in [9.17, 15) is 0 Å². The zero-order valence-corrected chi connectivity index (χ0v) is 17.3. The summed E-state index contributed by atoms with van der Waals surface area (Å²) in [6, 6.07) is 1.10. The molecule has 0 heterocycles. The molecule has 0 atom stereocenters. The van der Waals surface area contributed by atoms with E-state index >= 15 is 0 Å². The highest BCUT2D eigenvalue weighted by Gasteiger charge is 2.00. The molecule has 0 bridgehead atoms. The Morgan fingerprint density at radius 2 is 0.800 bits per heavy atom. The van der Waals surface area contributed by atoms with Gasteiger partial charge in [0.1, 0.15) is 0 Å². The fourth-order valence-corrected chi connectivity index (χ4v) is 4.43. The molecule has 0 aliphatic rings. The molecule has 0 amide bonds. The van der Waals surface area contributed by atoms with Crippen LogP contribution in [0.15, 0.2) is 0 Å². The first kappa shape index (κ1) is 21.3. The van der Waals surface area contributed by atoms with Gasteiger partial charge in [-0.15, -0.1) is 0 Å². The van der Waals surface area contributed by atoms with Gasteiger partial charge in [-0.3, -0.25) is 0 Å². The summed E-state index contributed by atoms with van der Waals surface area (Å²) in [5, 5.41) is 1.17. The molecule has 0 nitrogen and oxygen atoms in total. The zero-order chi connectivity index (χ0) is 14.9. The minimum absolute atomic E-state index is 1.10. The van der Waals surface area contributed by atoms with Crippen LogP contribution in [0.2, 0.25) is 6.04 Å². The fraction of sp³-hybridized carbons (Fsp3) is 1.00. The molecular formula is C16H33BrCl2Si. The van der Waals surface area contributed by atoms with Crippen LogP contribution in [-0.4, -0.2) is 12.7 Å². The van der Waals surface area contributed by atoms with Crippen molar-refractivity contribution in [3.8, 4) is 0 Å². The van der Waals surface area contributed by atoms with Gasteiger partial charge in [0, 0.05) is 5.33 Å². The van der Waals surface area contributed by atoms with Crippen molar-refractivity contribution in [1.29, 1.82) is 0 Å². The third-order valence-electron chi connectivity index (χ3n) is 3.81. The van der Waals surface area contributed by atoms with Gasteiger partial charge in [0.25, 0.3) is 0 Å². The highest BCUT2D eigenvalue weighted by atomic mass is 79.9. The SMILES string of the molecule is Cl[SiH](Cl)CCCCCCCCCCCCCCCCBr. The molecule has 0 radical (unpaired) electrons. The number of unbranched alkanes of at least 4 members (excludes halogenated alkanes) is 13. The first-order chi connectivity index (χ1) is 9.77. The van der Waals surface area contributed by atoms with E-state index in [-0.39, 0.29) is 0 Å². The Labute approximate surface area is 146 Å². The minimum atomic E-state index is -1.32. The lowest BCUT2D eigenvalue weighted by Crippen LogP contribution is -1.91. The summed E-state index contributed by atoms with van der Waals surface area (Å²) >= 11 is 15.2. The van der Waals surface area contributed by atoms with Crippen LogP contribution in [-0.2, 0) is 0 Å². The number of alkyl halides is 1. The molecule has 0 fully saturated rings. The van der Waals surface area contributed by atoms with Crippen molar-refractivity contribution >= 4 is 45.5 Å². The van der Waals surface area contributed by atoms with E-state index in [0.717, 1.165) is 6.04 Å². The second kappa shape index (κ2) is 18.3. The normalized spacial score (nSPS) is 11.4. The summed E-state index contributed by atoms with van der Waals surface area (Å²) in [4.78, 5) is 0. The Bertz CT molecular complexity index is 180. The monoisotopic (exact) mass is 402 g/mol. The summed E-state index contributed by atoms with van der Waals surface area (Å²) in [5.41, 5.74) is 0. The average Bonchev–Trinajstić information content (AvgIpc) is 2.43. The summed E-state index contributed by atoms with van der Waals surface area (Å²) < 4.78 is 0. The van der Waals surface area contributed by atoms with Gasteiger partial charge < -0.3 is 0 Å². The predicted molar refractivity (Wildman–Crippen MR) is 102 cm³/mol.